The molecule has 1 fully saturated rings. The molecule has 0 bridgehead atoms. The molecule has 2 aromatic carbocycles. The van der Waals surface area contributed by atoms with Gasteiger partial charge in [0.25, 0.3) is 0 Å². The number of hydrogen-bond acceptors (Lipinski definition) is 4. The van der Waals surface area contributed by atoms with Gasteiger partial charge in [-0.15, -0.1) is 8.78 Å². The highest BCUT2D eigenvalue weighted by Gasteiger charge is 2.52. The number of halogens is 2. The first kappa shape index (κ1) is 21.7. The van der Waals surface area contributed by atoms with Crippen molar-refractivity contribution in [3.8, 4) is 11.5 Å². The molecule has 0 spiro atoms. The smallest absolute Gasteiger partial charge is 0.396 e. The maximum atomic E-state index is 13.4. The van der Waals surface area contributed by atoms with E-state index >= 15 is 0 Å². The van der Waals surface area contributed by atoms with E-state index < -0.39 is 11.7 Å². The van der Waals surface area contributed by atoms with Gasteiger partial charge in [0.1, 0.15) is 0 Å². The number of benzene rings is 2. The van der Waals surface area contributed by atoms with E-state index in [0.29, 0.717) is 36.4 Å². The molecule has 0 unspecified atom stereocenters. The molecule has 0 radical (unpaired) electrons. The highest BCUT2D eigenvalue weighted by atomic mass is 19.3. The number of aliphatic hydroxyl groups excluding tert-OH is 1. The maximum Gasteiger partial charge on any atom is 0.586 e. The van der Waals surface area contributed by atoms with Gasteiger partial charge in [-0.2, -0.15) is 0 Å². The number of alkyl halides is 2. The molecule has 1 saturated carbocycles. The van der Waals surface area contributed by atoms with Crippen LogP contribution in [0, 0.1) is 0 Å². The average molecular weight is 459 g/mol. The predicted octanol–water partition coefficient (Wildman–Crippen LogP) is 5.38. The Morgan fingerprint density at radius 3 is 2.61 bits per heavy atom. The Morgan fingerprint density at radius 1 is 1.15 bits per heavy atom. The summed E-state index contributed by atoms with van der Waals surface area (Å²) < 4.78 is 38.0. The highest BCUT2D eigenvalue weighted by Crippen LogP contribution is 2.52. The number of carbonyl (C=O) groups is 1. The van der Waals surface area contributed by atoms with E-state index in [4.69, 9.17) is 0 Å². The third-order valence-corrected chi connectivity index (χ3v) is 6.46. The number of ether oxygens (including phenoxy) is 2. The molecule has 1 aliphatic carbocycles. The van der Waals surface area contributed by atoms with Crippen LogP contribution in [0.1, 0.15) is 51.7 Å². The van der Waals surface area contributed by atoms with Crippen molar-refractivity contribution in [1.29, 1.82) is 0 Å². The Hall–Kier alpha value is -3.13. The lowest BCUT2D eigenvalue weighted by Crippen LogP contribution is -2.27. The number of aliphatic hydroxyl groups is 1. The zero-order valence-corrected chi connectivity index (χ0v) is 18.5. The second kappa shape index (κ2) is 7.73. The summed E-state index contributed by atoms with van der Waals surface area (Å²) in [5.74, 6) is 0.0685. The van der Waals surface area contributed by atoms with Crippen molar-refractivity contribution in [2.24, 2.45) is 0 Å². The number of hydrogen-bond donors (Lipinski definition) is 2. The second-order valence-electron chi connectivity index (χ2n) is 9.09. The second-order valence-corrected chi connectivity index (χ2v) is 9.09. The van der Waals surface area contributed by atoms with Gasteiger partial charge in [0.2, 0.25) is 5.91 Å². The summed E-state index contributed by atoms with van der Waals surface area (Å²) in [6.45, 7) is 5.12. The third kappa shape index (κ3) is 3.82. The van der Waals surface area contributed by atoms with Crippen molar-refractivity contribution >= 4 is 22.5 Å². The summed E-state index contributed by atoms with van der Waals surface area (Å²) in [5.41, 5.74) is 2.79. The van der Waals surface area contributed by atoms with Gasteiger partial charge in [0.05, 0.1) is 5.41 Å². The minimum absolute atomic E-state index is 0. The molecule has 2 N–H and O–H groups in total. The average Bonchev–Trinajstić information content (AvgIpc) is 3.40. The molecule has 1 aromatic heterocycles. The SMILES string of the molecule is CC(C)c1cc2cc(NC(=O)C3(c4ccc5c(c4)OC(F)(F)O5)CC3)ccc2n1CCCO.[HH]. The van der Waals surface area contributed by atoms with Crippen LogP contribution in [-0.2, 0) is 16.8 Å². The molecular weight excluding hydrogens is 430 g/mol. The number of nitrogens with zero attached hydrogens (tertiary/aromatic N) is 1. The lowest BCUT2D eigenvalue weighted by Gasteiger charge is -2.16. The Balaban J connectivity index is 0.00000274. The van der Waals surface area contributed by atoms with Crippen LogP contribution in [0.5, 0.6) is 11.5 Å². The van der Waals surface area contributed by atoms with Gasteiger partial charge >= 0.3 is 6.29 Å². The number of amides is 1. The van der Waals surface area contributed by atoms with Crippen molar-refractivity contribution < 1.29 is 29.6 Å². The molecule has 6 nitrogen and oxygen atoms in total. The van der Waals surface area contributed by atoms with E-state index in [0.717, 1.165) is 17.4 Å². The van der Waals surface area contributed by atoms with Gasteiger partial charge in [-0.3, -0.25) is 4.79 Å². The summed E-state index contributed by atoms with van der Waals surface area (Å²) in [6, 6.07) is 12.5. The van der Waals surface area contributed by atoms with E-state index in [1.54, 1.807) is 6.07 Å². The predicted molar refractivity (Wildman–Crippen MR) is 122 cm³/mol. The molecule has 2 heterocycles. The molecule has 8 heteroatoms. The Kier molecular flexibility index (Phi) is 5.08. The summed E-state index contributed by atoms with van der Waals surface area (Å²) >= 11 is 0. The van der Waals surface area contributed by atoms with Crippen molar-refractivity contribution in [3.63, 3.8) is 0 Å². The van der Waals surface area contributed by atoms with Crippen LogP contribution >= 0.6 is 0 Å². The maximum absolute atomic E-state index is 13.4. The van der Waals surface area contributed by atoms with E-state index in [2.05, 4.69) is 39.3 Å². The number of rotatable bonds is 7. The van der Waals surface area contributed by atoms with Crippen LogP contribution in [-0.4, -0.2) is 28.5 Å². The molecule has 0 saturated heterocycles. The molecule has 176 valence electrons. The first-order valence-electron chi connectivity index (χ1n) is 11.2. The fraction of sp³-hybridized carbons (Fsp3) is 0.400. The summed E-state index contributed by atoms with van der Waals surface area (Å²) in [5, 5.41) is 13.3. The van der Waals surface area contributed by atoms with Crippen molar-refractivity contribution in [3.05, 3.63) is 53.7 Å². The van der Waals surface area contributed by atoms with E-state index in [1.165, 1.54) is 17.8 Å². The number of nitrogens with one attached hydrogen (secondary N) is 1. The summed E-state index contributed by atoms with van der Waals surface area (Å²) in [6.07, 6.45) is -1.75. The van der Waals surface area contributed by atoms with Gasteiger partial charge in [0, 0.05) is 36.9 Å². The first-order chi connectivity index (χ1) is 15.7. The first-order valence-corrected chi connectivity index (χ1v) is 11.2. The zero-order chi connectivity index (χ0) is 23.4. The monoisotopic (exact) mass is 458 g/mol. The number of aromatic nitrogens is 1. The van der Waals surface area contributed by atoms with Crippen LogP contribution in [0.3, 0.4) is 0 Å². The summed E-state index contributed by atoms with van der Waals surface area (Å²) in [4.78, 5) is 13.2. The Labute approximate surface area is 191 Å². The van der Waals surface area contributed by atoms with Crippen LogP contribution in [0.2, 0.25) is 0 Å². The Bertz CT molecular complexity index is 1240. The van der Waals surface area contributed by atoms with Gasteiger partial charge in [-0.1, -0.05) is 19.9 Å². The van der Waals surface area contributed by atoms with Gasteiger partial charge < -0.3 is 24.5 Å². The van der Waals surface area contributed by atoms with Gasteiger partial charge in [-0.25, -0.2) is 0 Å². The largest absolute Gasteiger partial charge is 0.586 e. The third-order valence-electron chi connectivity index (χ3n) is 6.46. The highest BCUT2D eigenvalue weighted by molar-refractivity contribution is 6.02. The van der Waals surface area contributed by atoms with E-state index in [9.17, 15) is 18.7 Å². The van der Waals surface area contributed by atoms with E-state index in [-0.39, 0.29) is 25.4 Å². The molecule has 1 aliphatic heterocycles. The zero-order valence-electron chi connectivity index (χ0n) is 18.5. The fourth-order valence-electron chi connectivity index (χ4n) is 4.60. The van der Waals surface area contributed by atoms with Crippen molar-refractivity contribution in [2.45, 2.75) is 57.3 Å². The van der Waals surface area contributed by atoms with Crippen molar-refractivity contribution in [1.82, 2.24) is 4.57 Å². The molecular formula is C25H28F2N2O4. The van der Waals surface area contributed by atoms with E-state index in [1.807, 2.05) is 18.2 Å². The lowest BCUT2D eigenvalue weighted by atomic mass is 9.94. The van der Waals surface area contributed by atoms with Gasteiger partial charge in [0.15, 0.2) is 11.5 Å². The summed E-state index contributed by atoms with van der Waals surface area (Å²) in [7, 11) is 0. The number of anilines is 1. The molecule has 1 amide bonds. The number of fused-ring (bicyclic) bond motifs is 2. The molecule has 2 aliphatic rings. The molecule has 0 atom stereocenters. The van der Waals surface area contributed by atoms with Crippen LogP contribution < -0.4 is 14.8 Å². The van der Waals surface area contributed by atoms with Gasteiger partial charge in [-0.05, 0) is 67.1 Å². The normalized spacial score (nSPS) is 17.5. The minimum atomic E-state index is -3.68. The van der Waals surface area contributed by atoms with Crippen molar-refractivity contribution in [2.75, 3.05) is 11.9 Å². The van der Waals surface area contributed by atoms with Crippen LogP contribution in [0.15, 0.2) is 42.5 Å². The quantitative estimate of drug-likeness (QED) is 0.498. The lowest BCUT2D eigenvalue weighted by molar-refractivity contribution is -0.286. The molecule has 5 rings (SSSR count). The van der Waals surface area contributed by atoms with Crippen LogP contribution in [0.4, 0.5) is 14.5 Å². The topological polar surface area (TPSA) is 72.7 Å². The fourth-order valence-corrected chi connectivity index (χ4v) is 4.60. The van der Waals surface area contributed by atoms with Crippen LogP contribution in [0.25, 0.3) is 10.9 Å². The molecule has 33 heavy (non-hydrogen) atoms. The standard InChI is InChI=1S/C25H26F2N2O4.H2/c1-15(2)20-13-16-12-18(5-6-19(16)29(20)10-3-11-30)28-23(31)24(8-9-24)17-4-7-21-22(14-17)33-25(26,27)32-21;/h4-7,12-15,30H,3,8-11H2,1-2H3,(H,28,31);1H. The number of carbonyl (C=O) groups excluding carboxylic acids is 1. The minimum Gasteiger partial charge on any atom is -0.396 e. The molecule has 3 aromatic rings. The number of aryl methyl sites for hydroxylation is 1. The Morgan fingerprint density at radius 2 is 1.91 bits per heavy atom.